The molecule has 1 heterocycles. The lowest BCUT2D eigenvalue weighted by atomic mass is 9.88. The maximum absolute atomic E-state index is 13.7. The Balaban J connectivity index is 2.18. The molecule has 1 aliphatic rings. The first-order valence-electron chi connectivity index (χ1n) is 9.52. The Labute approximate surface area is 156 Å². The van der Waals surface area contributed by atoms with E-state index in [4.69, 9.17) is 0 Å². The number of benzene rings is 1. The van der Waals surface area contributed by atoms with Crippen molar-refractivity contribution in [2.24, 2.45) is 11.3 Å². The summed E-state index contributed by atoms with van der Waals surface area (Å²) in [5.41, 5.74) is 0.680. The summed E-state index contributed by atoms with van der Waals surface area (Å²) >= 11 is 0. The van der Waals surface area contributed by atoms with Gasteiger partial charge in [0.15, 0.2) is 0 Å². The molecule has 0 aliphatic carbocycles. The molecule has 1 N–H and O–H groups in total. The molecule has 0 radical (unpaired) electrons. The second-order valence-corrected chi connectivity index (χ2v) is 8.45. The van der Waals surface area contributed by atoms with E-state index in [9.17, 15) is 14.0 Å². The monoisotopic (exact) mass is 362 g/mol. The molecule has 144 valence electrons. The standard InChI is InChI=1S/C21H31FN2O2/c1-5-6-10-23-20(26)18-14-24(19(25)12-21(2,3)4)13-17(18)15-8-7-9-16(22)11-15/h7-9,11,17-18H,5-6,10,12-14H2,1-4H3,(H,23,26)/t17-,18-/m1/s1. The van der Waals surface area contributed by atoms with Crippen LogP contribution in [-0.4, -0.2) is 36.3 Å². The molecule has 0 unspecified atom stereocenters. The largest absolute Gasteiger partial charge is 0.356 e. The zero-order valence-electron chi connectivity index (χ0n) is 16.3. The van der Waals surface area contributed by atoms with Gasteiger partial charge in [0.25, 0.3) is 0 Å². The number of nitrogens with zero attached hydrogens (tertiary/aromatic N) is 1. The van der Waals surface area contributed by atoms with E-state index in [-0.39, 0.29) is 34.9 Å². The minimum absolute atomic E-state index is 0.0428. The number of hydrogen-bond donors (Lipinski definition) is 1. The zero-order valence-corrected chi connectivity index (χ0v) is 16.3. The van der Waals surface area contributed by atoms with Crippen LogP contribution in [0, 0.1) is 17.2 Å². The van der Waals surface area contributed by atoms with Gasteiger partial charge in [0.05, 0.1) is 5.92 Å². The van der Waals surface area contributed by atoms with E-state index in [1.165, 1.54) is 12.1 Å². The smallest absolute Gasteiger partial charge is 0.225 e. The van der Waals surface area contributed by atoms with Gasteiger partial charge in [-0.2, -0.15) is 0 Å². The van der Waals surface area contributed by atoms with Crippen LogP contribution < -0.4 is 5.32 Å². The Bertz CT molecular complexity index is 639. The Kier molecular flexibility index (Phi) is 6.79. The Hall–Kier alpha value is -1.91. The fourth-order valence-corrected chi connectivity index (χ4v) is 3.43. The van der Waals surface area contributed by atoms with Gasteiger partial charge in [-0.05, 0) is 29.5 Å². The zero-order chi connectivity index (χ0) is 19.3. The summed E-state index contributed by atoms with van der Waals surface area (Å²) in [6.45, 7) is 9.65. The molecule has 1 saturated heterocycles. The fourth-order valence-electron chi connectivity index (χ4n) is 3.43. The molecule has 4 nitrogen and oxygen atoms in total. The van der Waals surface area contributed by atoms with Crippen molar-refractivity contribution >= 4 is 11.8 Å². The lowest BCUT2D eigenvalue weighted by Gasteiger charge is -2.23. The number of unbranched alkanes of at least 4 members (excludes halogenated alkanes) is 1. The molecule has 1 fully saturated rings. The van der Waals surface area contributed by atoms with Gasteiger partial charge in [-0.3, -0.25) is 9.59 Å². The van der Waals surface area contributed by atoms with Crippen LogP contribution in [0.3, 0.4) is 0 Å². The quantitative estimate of drug-likeness (QED) is 0.784. The van der Waals surface area contributed by atoms with Crippen LogP contribution in [0.5, 0.6) is 0 Å². The summed E-state index contributed by atoms with van der Waals surface area (Å²) < 4.78 is 13.7. The number of likely N-dealkylation sites (tertiary alicyclic amines) is 1. The summed E-state index contributed by atoms with van der Waals surface area (Å²) in [6, 6.07) is 6.39. The average Bonchev–Trinajstić information content (AvgIpc) is 2.99. The van der Waals surface area contributed by atoms with Gasteiger partial charge in [-0.1, -0.05) is 46.2 Å². The number of carbonyl (C=O) groups excluding carboxylic acids is 2. The number of amides is 2. The van der Waals surface area contributed by atoms with Gasteiger partial charge < -0.3 is 10.2 Å². The second kappa shape index (κ2) is 8.65. The van der Waals surface area contributed by atoms with Crippen molar-refractivity contribution in [1.82, 2.24) is 10.2 Å². The molecule has 0 bridgehead atoms. The maximum Gasteiger partial charge on any atom is 0.225 e. The number of hydrogen-bond acceptors (Lipinski definition) is 2. The van der Waals surface area contributed by atoms with E-state index in [1.54, 1.807) is 11.0 Å². The van der Waals surface area contributed by atoms with Crippen LogP contribution >= 0.6 is 0 Å². The summed E-state index contributed by atoms with van der Waals surface area (Å²) in [5, 5.41) is 2.98. The normalized spacial score (nSPS) is 20.3. The Morgan fingerprint density at radius 2 is 2.00 bits per heavy atom. The van der Waals surface area contributed by atoms with Crippen molar-refractivity contribution in [3.8, 4) is 0 Å². The average molecular weight is 362 g/mol. The van der Waals surface area contributed by atoms with Crippen LogP contribution in [0.1, 0.15) is 58.4 Å². The van der Waals surface area contributed by atoms with Gasteiger partial charge in [0, 0.05) is 32.0 Å². The summed E-state index contributed by atoms with van der Waals surface area (Å²) in [7, 11) is 0. The van der Waals surface area contributed by atoms with E-state index >= 15 is 0 Å². The third kappa shape index (κ3) is 5.55. The third-order valence-electron chi connectivity index (χ3n) is 4.80. The van der Waals surface area contributed by atoms with E-state index in [1.807, 2.05) is 26.8 Å². The van der Waals surface area contributed by atoms with Gasteiger partial charge in [0.1, 0.15) is 5.82 Å². The Morgan fingerprint density at radius 3 is 2.62 bits per heavy atom. The van der Waals surface area contributed by atoms with E-state index in [0.717, 1.165) is 18.4 Å². The van der Waals surface area contributed by atoms with Crippen LogP contribution in [0.15, 0.2) is 24.3 Å². The van der Waals surface area contributed by atoms with Crippen LogP contribution in [0.25, 0.3) is 0 Å². The molecule has 1 aromatic carbocycles. The molecule has 0 aromatic heterocycles. The highest BCUT2D eigenvalue weighted by molar-refractivity contribution is 5.83. The summed E-state index contributed by atoms with van der Waals surface area (Å²) in [5.74, 6) is -0.803. The number of halogens is 1. The van der Waals surface area contributed by atoms with E-state index in [0.29, 0.717) is 26.1 Å². The molecular formula is C21H31FN2O2. The van der Waals surface area contributed by atoms with Crippen molar-refractivity contribution in [2.75, 3.05) is 19.6 Å². The molecular weight excluding hydrogens is 331 g/mol. The van der Waals surface area contributed by atoms with Crippen LogP contribution in [0.4, 0.5) is 4.39 Å². The maximum atomic E-state index is 13.7. The SMILES string of the molecule is CCCCNC(=O)[C@@H]1CN(C(=O)CC(C)(C)C)C[C@@H]1c1cccc(F)c1. The molecule has 2 rings (SSSR count). The van der Waals surface area contributed by atoms with Crippen molar-refractivity contribution in [3.63, 3.8) is 0 Å². The predicted molar refractivity (Wildman–Crippen MR) is 101 cm³/mol. The number of rotatable bonds is 6. The minimum atomic E-state index is -0.336. The number of nitrogens with one attached hydrogen (secondary N) is 1. The molecule has 0 spiro atoms. The molecule has 2 atom stereocenters. The second-order valence-electron chi connectivity index (χ2n) is 8.45. The minimum Gasteiger partial charge on any atom is -0.356 e. The first-order chi connectivity index (χ1) is 12.2. The first-order valence-corrected chi connectivity index (χ1v) is 9.52. The fraction of sp³-hybridized carbons (Fsp3) is 0.619. The highest BCUT2D eigenvalue weighted by Crippen LogP contribution is 2.34. The topological polar surface area (TPSA) is 49.4 Å². The molecule has 5 heteroatoms. The Morgan fingerprint density at radius 1 is 1.27 bits per heavy atom. The summed E-state index contributed by atoms with van der Waals surface area (Å²) in [4.78, 5) is 27.1. The van der Waals surface area contributed by atoms with Gasteiger partial charge in [-0.25, -0.2) is 4.39 Å². The molecule has 0 saturated carbocycles. The van der Waals surface area contributed by atoms with Gasteiger partial charge in [-0.15, -0.1) is 0 Å². The lowest BCUT2D eigenvalue weighted by molar-refractivity contribution is -0.132. The van der Waals surface area contributed by atoms with Crippen molar-refractivity contribution in [1.29, 1.82) is 0 Å². The van der Waals surface area contributed by atoms with Crippen molar-refractivity contribution < 1.29 is 14.0 Å². The van der Waals surface area contributed by atoms with Crippen LogP contribution in [0.2, 0.25) is 0 Å². The first kappa shape index (κ1) is 20.4. The van der Waals surface area contributed by atoms with Crippen molar-refractivity contribution in [2.45, 2.75) is 52.9 Å². The highest BCUT2D eigenvalue weighted by Gasteiger charge is 2.40. The van der Waals surface area contributed by atoms with Gasteiger partial charge in [0.2, 0.25) is 11.8 Å². The molecule has 2 amide bonds. The van der Waals surface area contributed by atoms with Crippen LogP contribution in [-0.2, 0) is 9.59 Å². The summed E-state index contributed by atoms with van der Waals surface area (Å²) in [6.07, 6.45) is 2.37. The van der Waals surface area contributed by atoms with Crippen molar-refractivity contribution in [3.05, 3.63) is 35.6 Å². The van der Waals surface area contributed by atoms with Gasteiger partial charge >= 0.3 is 0 Å². The predicted octanol–water partition coefficient (Wildman–Crippen LogP) is 3.72. The lowest BCUT2D eigenvalue weighted by Crippen LogP contribution is -2.36. The van der Waals surface area contributed by atoms with E-state index in [2.05, 4.69) is 12.2 Å². The third-order valence-corrected chi connectivity index (χ3v) is 4.80. The van der Waals surface area contributed by atoms with E-state index < -0.39 is 0 Å². The molecule has 1 aliphatic heterocycles. The number of carbonyl (C=O) groups is 2. The highest BCUT2D eigenvalue weighted by atomic mass is 19.1. The molecule has 1 aromatic rings. The molecule has 26 heavy (non-hydrogen) atoms.